The Morgan fingerprint density at radius 3 is 2.60 bits per heavy atom. The molecule has 1 N–H and O–H groups in total. The highest BCUT2D eigenvalue weighted by atomic mass is 19.1. The van der Waals surface area contributed by atoms with Crippen molar-refractivity contribution in [3.05, 3.63) is 76.5 Å². The Hall–Kier alpha value is -3.35. The maximum Gasteiger partial charge on any atom is 0.340 e. The number of nitrogens with zero attached hydrogens (tertiary/aromatic N) is 1. The van der Waals surface area contributed by atoms with Gasteiger partial charge in [0.05, 0.1) is 22.8 Å². The summed E-state index contributed by atoms with van der Waals surface area (Å²) < 4.78 is 32.1. The second kappa shape index (κ2) is 8.98. The van der Waals surface area contributed by atoms with Crippen molar-refractivity contribution in [3.8, 4) is 0 Å². The van der Waals surface area contributed by atoms with E-state index in [1.165, 1.54) is 6.07 Å². The molecule has 0 unspecified atom stereocenters. The molecule has 0 aliphatic rings. The van der Waals surface area contributed by atoms with Crippen molar-refractivity contribution in [2.45, 2.75) is 33.2 Å². The van der Waals surface area contributed by atoms with Crippen molar-refractivity contribution in [2.24, 2.45) is 0 Å². The summed E-state index contributed by atoms with van der Waals surface area (Å²) in [6, 6.07) is 9.90. The zero-order valence-corrected chi connectivity index (χ0v) is 17.0. The fourth-order valence-corrected chi connectivity index (χ4v) is 3.38. The molecule has 3 aromatic rings. The van der Waals surface area contributed by atoms with Crippen LogP contribution < -0.4 is 5.32 Å². The Bertz CT molecular complexity index is 1120. The molecule has 7 heteroatoms. The van der Waals surface area contributed by atoms with Crippen LogP contribution in [0.3, 0.4) is 0 Å². The number of halogens is 2. The summed E-state index contributed by atoms with van der Waals surface area (Å²) in [5.74, 6) is -2.69. The minimum absolute atomic E-state index is 0.138. The average Bonchev–Trinajstić information content (AvgIpc) is 2.71. The lowest BCUT2D eigenvalue weighted by molar-refractivity contribution is -0.124. The predicted octanol–water partition coefficient (Wildman–Crippen LogP) is 4.42. The van der Waals surface area contributed by atoms with Gasteiger partial charge in [0.25, 0.3) is 5.91 Å². The molecule has 1 heterocycles. The van der Waals surface area contributed by atoms with Gasteiger partial charge in [-0.3, -0.25) is 9.78 Å². The zero-order chi connectivity index (χ0) is 21.8. The lowest BCUT2D eigenvalue weighted by Gasteiger charge is -2.16. The van der Waals surface area contributed by atoms with E-state index in [9.17, 15) is 18.4 Å². The summed E-state index contributed by atoms with van der Waals surface area (Å²) in [5.41, 5.74) is 2.61. The van der Waals surface area contributed by atoms with Crippen LogP contribution in [0.1, 0.15) is 47.1 Å². The number of amides is 1. The number of ether oxygens (including phenoxy) is 1. The minimum atomic E-state index is -0.759. The number of carbonyl (C=O) groups is 2. The number of hydrogen-bond acceptors (Lipinski definition) is 4. The highest BCUT2D eigenvalue weighted by Gasteiger charge is 2.21. The normalized spacial score (nSPS) is 11.9. The van der Waals surface area contributed by atoms with Crippen LogP contribution >= 0.6 is 0 Å². The first-order valence-electron chi connectivity index (χ1n) is 9.61. The number of fused-ring (bicyclic) bond motifs is 1. The van der Waals surface area contributed by atoms with E-state index in [1.54, 1.807) is 6.92 Å². The second-order valence-corrected chi connectivity index (χ2v) is 6.96. The molecule has 1 atom stereocenters. The van der Waals surface area contributed by atoms with Gasteiger partial charge in [-0.25, -0.2) is 13.6 Å². The second-order valence-electron chi connectivity index (χ2n) is 6.96. The fraction of sp³-hybridized carbons (Fsp3) is 0.261. The number of rotatable bonds is 6. The van der Waals surface area contributed by atoms with Crippen molar-refractivity contribution in [3.63, 3.8) is 0 Å². The fourth-order valence-electron chi connectivity index (χ4n) is 3.38. The summed E-state index contributed by atoms with van der Waals surface area (Å²) in [5, 5.41) is 3.38. The van der Waals surface area contributed by atoms with E-state index >= 15 is 0 Å². The van der Waals surface area contributed by atoms with Crippen molar-refractivity contribution in [1.29, 1.82) is 0 Å². The monoisotopic (exact) mass is 412 g/mol. The molecule has 0 fully saturated rings. The van der Waals surface area contributed by atoms with Crippen molar-refractivity contribution >= 4 is 22.8 Å². The minimum Gasteiger partial charge on any atom is -0.452 e. The first-order chi connectivity index (χ1) is 14.3. The summed E-state index contributed by atoms with van der Waals surface area (Å²) in [4.78, 5) is 29.4. The molecule has 0 bridgehead atoms. The largest absolute Gasteiger partial charge is 0.452 e. The molecule has 1 aromatic heterocycles. The Kier molecular flexibility index (Phi) is 6.40. The van der Waals surface area contributed by atoms with Crippen LogP contribution in [0.5, 0.6) is 0 Å². The molecule has 0 aliphatic heterocycles. The number of benzene rings is 2. The van der Waals surface area contributed by atoms with E-state index in [0.717, 1.165) is 28.6 Å². The summed E-state index contributed by atoms with van der Waals surface area (Å²) >= 11 is 0. The molecule has 0 radical (unpaired) electrons. The van der Waals surface area contributed by atoms with Crippen molar-refractivity contribution in [2.75, 3.05) is 6.61 Å². The van der Waals surface area contributed by atoms with Crippen LogP contribution in [0.2, 0.25) is 0 Å². The number of pyridine rings is 1. The van der Waals surface area contributed by atoms with Gasteiger partial charge in [-0.2, -0.15) is 0 Å². The molecule has 3 rings (SSSR count). The number of aromatic nitrogens is 1. The van der Waals surface area contributed by atoms with E-state index in [1.807, 2.05) is 38.1 Å². The van der Waals surface area contributed by atoms with Crippen molar-refractivity contribution in [1.82, 2.24) is 10.3 Å². The quantitative estimate of drug-likeness (QED) is 0.609. The third-order valence-electron chi connectivity index (χ3n) is 4.91. The van der Waals surface area contributed by atoms with Gasteiger partial charge in [0.1, 0.15) is 11.6 Å². The number of carbonyl (C=O) groups excluding carboxylic acids is 2. The number of para-hydroxylation sites is 1. The SMILES string of the molecule is CCc1nc2ccccc2c(C)c1C(=O)OCC(=O)N[C@@H](C)c1ccc(F)cc1F. The molecule has 5 nitrogen and oxygen atoms in total. The number of aryl methyl sites for hydroxylation is 2. The zero-order valence-electron chi connectivity index (χ0n) is 17.0. The Labute approximate surface area is 173 Å². The molecule has 0 saturated carbocycles. The van der Waals surface area contributed by atoms with Gasteiger partial charge in [0, 0.05) is 17.0 Å². The molecule has 0 aliphatic carbocycles. The van der Waals surface area contributed by atoms with Gasteiger partial charge >= 0.3 is 5.97 Å². The van der Waals surface area contributed by atoms with Gasteiger partial charge in [-0.1, -0.05) is 31.2 Å². The van der Waals surface area contributed by atoms with Crippen LogP contribution in [-0.2, 0) is 16.0 Å². The third kappa shape index (κ3) is 4.45. The Balaban J connectivity index is 1.71. The molecule has 0 saturated heterocycles. The molecule has 156 valence electrons. The van der Waals surface area contributed by atoms with Crippen LogP contribution in [-0.4, -0.2) is 23.5 Å². The lowest BCUT2D eigenvalue weighted by Crippen LogP contribution is -2.31. The topological polar surface area (TPSA) is 68.3 Å². The lowest BCUT2D eigenvalue weighted by atomic mass is 10.0. The molecular weight excluding hydrogens is 390 g/mol. The molecule has 30 heavy (non-hydrogen) atoms. The van der Waals surface area contributed by atoms with Gasteiger partial charge in [-0.05, 0) is 38.0 Å². The highest BCUT2D eigenvalue weighted by molar-refractivity contribution is 5.99. The maximum atomic E-state index is 13.9. The average molecular weight is 412 g/mol. The van der Waals surface area contributed by atoms with E-state index in [4.69, 9.17) is 4.74 Å². The van der Waals surface area contributed by atoms with E-state index < -0.39 is 36.2 Å². The highest BCUT2D eigenvalue weighted by Crippen LogP contribution is 2.24. The number of esters is 1. The van der Waals surface area contributed by atoms with Crippen LogP contribution in [0, 0.1) is 18.6 Å². The van der Waals surface area contributed by atoms with E-state index in [2.05, 4.69) is 10.3 Å². The van der Waals surface area contributed by atoms with E-state index in [-0.39, 0.29) is 5.56 Å². The first-order valence-corrected chi connectivity index (χ1v) is 9.61. The van der Waals surface area contributed by atoms with Crippen LogP contribution in [0.15, 0.2) is 42.5 Å². The number of nitrogens with one attached hydrogen (secondary N) is 1. The predicted molar refractivity (Wildman–Crippen MR) is 109 cm³/mol. The molecule has 1 amide bonds. The molecular formula is C23H22F2N2O3. The van der Waals surface area contributed by atoms with Gasteiger partial charge in [0.2, 0.25) is 0 Å². The summed E-state index contributed by atoms with van der Waals surface area (Å²) in [6.07, 6.45) is 0.531. The van der Waals surface area contributed by atoms with E-state index in [0.29, 0.717) is 17.7 Å². The molecule has 0 spiro atoms. The third-order valence-corrected chi connectivity index (χ3v) is 4.91. The number of hydrogen-bond donors (Lipinski definition) is 1. The van der Waals surface area contributed by atoms with Gasteiger partial charge in [0.15, 0.2) is 6.61 Å². The standard InChI is InChI=1S/C23H22F2N2O3/c1-4-19-22(13(2)16-7-5-6-8-20(16)27-19)23(29)30-12-21(28)26-14(3)17-10-9-15(24)11-18(17)25/h5-11,14H,4,12H2,1-3H3,(H,26,28)/t14-/m0/s1. The van der Waals surface area contributed by atoms with Crippen molar-refractivity contribution < 1.29 is 23.1 Å². The maximum absolute atomic E-state index is 13.9. The Morgan fingerprint density at radius 2 is 1.90 bits per heavy atom. The van der Waals surface area contributed by atoms with Crippen LogP contribution in [0.4, 0.5) is 8.78 Å². The van der Waals surface area contributed by atoms with Gasteiger partial charge in [-0.15, -0.1) is 0 Å². The van der Waals surface area contributed by atoms with Crippen LogP contribution in [0.25, 0.3) is 10.9 Å². The summed E-state index contributed by atoms with van der Waals surface area (Å²) in [7, 11) is 0. The summed E-state index contributed by atoms with van der Waals surface area (Å²) in [6.45, 7) is 4.74. The Morgan fingerprint density at radius 1 is 1.17 bits per heavy atom. The first kappa shape index (κ1) is 21.4. The molecule has 2 aromatic carbocycles. The van der Waals surface area contributed by atoms with Gasteiger partial charge < -0.3 is 10.1 Å². The smallest absolute Gasteiger partial charge is 0.340 e.